The van der Waals surface area contributed by atoms with Crippen molar-refractivity contribution < 1.29 is 19.1 Å². The highest BCUT2D eigenvalue weighted by atomic mass is 16.4. The number of carboxylic acids is 1. The second-order valence-electron chi connectivity index (χ2n) is 4.20. The predicted molar refractivity (Wildman–Crippen MR) is 65.3 cm³/mol. The van der Waals surface area contributed by atoms with Crippen LogP contribution in [-0.2, 0) is 11.2 Å². The Morgan fingerprint density at radius 1 is 1.56 bits per heavy atom. The number of carboxylic acid groups (broad SMARTS) is 1. The van der Waals surface area contributed by atoms with Crippen molar-refractivity contribution in [1.82, 2.24) is 10.2 Å². The molecule has 0 aliphatic rings. The fourth-order valence-corrected chi connectivity index (χ4v) is 1.47. The van der Waals surface area contributed by atoms with Crippen LogP contribution in [0.2, 0.25) is 0 Å². The van der Waals surface area contributed by atoms with Gasteiger partial charge in [0.15, 0.2) is 0 Å². The zero-order chi connectivity index (χ0) is 13.5. The predicted octanol–water partition coefficient (Wildman–Crippen LogP) is 1.33. The van der Waals surface area contributed by atoms with Gasteiger partial charge in [0.2, 0.25) is 0 Å². The van der Waals surface area contributed by atoms with Crippen molar-refractivity contribution in [2.24, 2.45) is 0 Å². The molecule has 2 N–H and O–H groups in total. The minimum absolute atomic E-state index is 0.0590. The quantitative estimate of drug-likeness (QED) is 0.802. The van der Waals surface area contributed by atoms with E-state index in [1.165, 1.54) is 4.90 Å². The Balaban J connectivity index is 2.32. The average molecular weight is 254 g/mol. The first-order valence-corrected chi connectivity index (χ1v) is 5.75. The number of nitrogens with one attached hydrogen (secondary N) is 1. The summed E-state index contributed by atoms with van der Waals surface area (Å²) < 4.78 is 5.18. The minimum Gasteiger partial charge on any atom is -0.481 e. The van der Waals surface area contributed by atoms with Crippen LogP contribution in [-0.4, -0.2) is 41.6 Å². The molecule has 0 fully saturated rings. The smallest absolute Gasteiger partial charge is 0.317 e. The van der Waals surface area contributed by atoms with Crippen LogP contribution in [0.3, 0.4) is 0 Å². The highest BCUT2D eigenvalue weighted by Gasteiger charge is 2.13. The van der Waals surface area contributed by atoms with Crippen molar-refractivity contribution >= 4 is 12.0 Å². The summed E-state index contributed by atoms with van der Waals surface area (Å²) in [7, 11) is 1.57. The summed E-state index contributed by atoms with van der Waals surface area (Å²) in [5.41, 5.74) is 0. The van der Waals surface area contributed by atoms with Crippen molar-refractivity contribution in [1.29, 1.82) is 0 Å². The van der Waals surface area contributed by atoms with Crippen molar-refractivity contribution in [3.8, 4) is 0 Å². The van der Waals surface area contributed by atoms with E-state index in [-0.39, 0.29) is 25.0 Å². The van der Waals surface area contributed by atoms with Crippen molar-refractivity contribution in [3.63, 3.8) is 0 Å². The van der Waals surface area contributed by atoms with Gasteiger partial charge in [-0.25, -0.2) is 4.79 Å². The molecule has 1 atom stereocenters. The molecule has 1 heterocycles. The lowest BCUT2D eigenvalue weighted by atomic mass is 10.2. The zero-order valence-electron chi connectivity index (χ0n) is 10.5. The molecule has 2 amide bonds. The lowest BCUT2D eigenvalue weighted by Gasteiger charge is -2.20. The summed E-state index contributed by atoms with van der Waals surface area (Å²) in [5, 5.41) is 11.3. The normalized spacial score (nSPS) is 11.9. The van der Waals surface area contributed by atoms with E-state index >= 15 is 0 Å². The molecule has 0 saturated heterocycles. The highest BCUT2D eigenvalue weighted by Crippen LogP contribution is 2.04. The third kappa shape index (κ3) is 4.90. The van der Waals surface area contributed by atoms with E-state index < -0.39 is 5.97 Å². The summed E-state index contributed by atoms with van der Waals surface area (Å²) in [6.45, 7) is 2.06. The molecule has 0 saturated carbocycles. The summed E-state index contributed by atoms with van der Waals surface area (Å²) in [5.74, 6) is -0.116. The van der Waals surface area contributed by atoms with Gasteiger partial charge in [-0.15, -0.1) is 0 Å². The molecular formula is C12H18N2O4. The molecule has 1 aromatic heterocycles. The van der Waals surface area contributed by atoms with Crippen LogP contribution >= 0.6 is 0 Å². The maximum atomic E-state index is 11.7. The molecule has 6 heteroatoms. The second-order valence-corrected chi connectivity index (χ2v) is 4.20. The number of amides is 2. The number of hydrogen-bond donors (Lipinski definition) is 2. The summed E-state index contributed by atoms with van der Waals surface area (Å²) in [6.07, 6.45) is 2.13. The lowest BCUT2D eigenvalue weighted by molar-refractivity contribution is -0.137. The van der Waals surface area contributed by atoms with E-state index in [9.17, 15) is 9.59 Å². The number of rotatable bonds is 6. The molecule has 1 unspecified atom stereocenters. The van der Waals surface area contributed by atoms with Crippen LogP contribution in [0.4, 0.5) is 4.79 Å². The third-order valence-corrected chi connectivity index (χ3v) is 2.47. The molecule has 0 bridgehead atoms. The van der Waals surface area contributed by atoms with Gasteiger partial charge in [-0.1, -0.05) is 0 Å². The van der Waals surface area contributed by atoms with Crippen LogP contribution in [0, 0.1) is 0 Å². The Bertz CT molecular complexity index is 389. The van der Waals surface area contributed by atoms with Gasteiger partial charge in [-0.2, -0.15) is 0 Å². The van der Waals surface area contributed by atoms with E-state index in [4.69, 9.17) is 9.52 Å². The third-order valence-electron chi connectivity index (χ3n) is 2.47. The number of furan rings is 1. The molecule has 0 aromatic carbocycles. The van der Waals surface area contributed by atoms with Gasteiger partial charge in [0, 0.05) is 26.1 Å². The van der Waals surface area contributed by atoms with Crippen LogP contribution in [0.25, 0.3) is 0 Å². The number of aliphatic carboxylic acids is 1. The monoisotopic (exact) mass is 254 g/mol. The summed E-state index contributed by atoms with van der Waals surface area (Å²) >= 11 is 0. The summed E-state index contributed by atoms with van der Waals surface area (Å²) in [6, 6.07) is 3.28. The van der Waals surface area contributed by atoms with Gasteiger partial charge in [-0.05, 0) is 19.1 Å². The van der Waals surface area contributed by atoms with Crippen LogP contribution in [0.5, 0.6) is 0 Å². The zero-order valence-corrected chi connectivity index (χ0v) is 10.5. The topological polar surface area (TPSA) is 82.8 Å². The Morgan fingerprint density at radius 2 is 2.28 bits per heavy atom. The van der Waals surface area contributed by atoms with E-state index in [1.807, 2.05) is 13.0 Å². The molecule has 0 aliphatic heterocycles. The van der Waals surface area contributed by atoms with Gasteiger partial charge in [-0.3, -0.25) is 4.79 Å². The van der Waals surface area contributed by atoms with Gasteiger partial charge in [0.1, 0.15) is 5.76 Å². The Morgan fingerprint density at radius 3 is 2.83 bits per heavy atom. The SMILES string of the molecule is CC(Cc1ccco1)NC(=O)N(C)CCC(=O)O. The molecule has 6 nitrogen and oxygen atoms in total. The molecule has 1 aromatic rings. The second kappa shape index (κ2) is 6.68. The number of urea groups is 1. The summed E-state index contributed by atoms with van der Waals surface area (Å²) in [4.78, 5) is 23.4. The number of nitrogens with zero attached hydrogens (tertiary/aromatic N) is 1. The van der Waals surface area contributed by atoms with E-state index in [1.54, 1.807) is 19.4 Å². The molecule has 100 valence electrons. The molecule has 0 aliphatic carbocycles. The maximum absolute atomic E-state index is 11.7. The van der Waals surface area contributed by atoms with Gasteiger partial charge >= 0.3 is 12.0 Å². The maximum Gasteiger partial charge on any atom is 0.317 e. The van der Waals surface area contributed by atoms with Crippen LogP contribution in [0.15, 0.2) is 22.8 Å². The first kappa shape index (κ1) is 14.1. The number of carbonyl (C=O) groups excluding carboxylic acids is 1. The van der Waals surface area contributed by atoms with Crippen molar-refractivity contribution in [3.05, 3.63) is 24.2 Å². The van der Waals surface area contributed by atoms with E-state index in [2.05, 4.69) is 5.32 Å². The largest absolute Gasteiger partial charge is 0.481 e. The number of carbonyl (C=O) groups is 2. The molecular weight excluding hydrogens is 236 g/mol. The van der Waals surface area contributed by atoms with Gasteiger partial charge < -0.3 is 19.7 Å². The fraction of sp³-hybridized carbons (Fsp3) is 0.500. The first-order valence-electron chi connectivity index (χ1n) is 5.75. The first-order chi connectivity index (χ1) is 8.49. The van der Waals surface area contributed by atoms with Gasteiger partial charge in [0.25, 0.3) is 0 Å². The van der Waals surface area contributed by atoms with Crippen molar-refractivity contribution in [2.45, 2.75) is 25.8 Å². The van der Waals surface area contributed by atoms with Crippen LogP contribution in [0.1, 0.15) is 19.1 Å². The lowest BCUT2D eigenvalue weighted by Crippen LogP contribution is -2.43. The molecule has 18 heavy (non-hydrogen) atoms. The van der Waals surface area contributed by atoms with E-state index in [0.717, 1.165) is 5.76 Å². The van der Waals surface area contributed by atoms with Crippen molar-refractivity contribution in [2.75, 3.05) is 13.6 Å². The Hall–Kier alpha value is -1.98. The standard InChI is InChI=1S/C12H18N2O4/c1-9(8-10-4-3-7-18-10)13-12(17)14(2)6-5-11(15)16/h3-4,7,9H,5-6,8H2,1-2H3,(H,13,17)(H,15,16). The van der Waals surface area contributed by atoms with E-state index in [0.29, 0.717) is 6.42 Å². The van der Waals surface area contributed by atoms with Gasteiger partial charge in [0.05, 0.1) is 12.7 Å². The minimum atomic E-state index is -0.918. The highest BCUT2D eigenvalue weighted by molar-refractivity contribution is 5.75. The fourth-order valence-electron chi connectivity index (χ4n) is 1.47. The molecule has 0 spiro atoms. The molecule has 0 radical (unpaired) electrons. The number of hydrogen-bond acceptors (Lipinski definition) is 3. The average Bonchev–Trinajstić information content (AvgIpc) is 2.78. The molecule has 1 rings (SSSR count). The Kier molecular flexibility index (Phi) is 5.23. The Labute approximate surface area is 106 Å². The van der Waals surface area contributed by atoms with Crippen LogP contribution < -0.4 is 5.32 Å².